The molecule has 6 heavy (non-hydrogen) atoms. The first kappa shape index (κ1) is 6.38. The van der Waals surface area contributed by atoms with Gasteiger partial charge < -0.3 is 0 Å². The van der Waals surface area contributed by atoms with Gasteiger partial charge in [-0.2, -0.15) is 0 Å². The van der Waals surface area contributed by atoms with Gasteiger partial charge in [-0.25, -0.2) is 0 Å². The Hall–Kier alpha value is 0.384. The van der Waals surface area contributed by atoms with E-state index in [2.05, 4.69) is 41.8 Å². The average molecular weight is 122 g/mol. The molecular weight excluding hydrogens is 113 g/mol. The topological polar surface area (TPSA) is 12.4 Å². The maximum atomic E-state index is 3.96. The number of hydrogen-bond donors (Lipinski definition) is 0. The zero-order chi connectivity index (χ0) is 5.21. The van der Waals surface area contributed by atoms with Crippen molar-refractivity contribution in [3.63, 3.8) is 0 Å². The first-order valence-electron chi connectivity index (χ1n) is 1.92. The SMILES string of the molecule is CC(C)(C)[N]=[V]. The molecular formula is C4H9NV. The van der Waals surface area contributed by atoms with Crippen LogP contribution in [0.1, 0.15) is 20.8 Å². The number of hydrogen-bond acceptors (Lipinski definition) is 1. The molecule has 0 saturated heterocycles. The van der Waals surface area contributed by atoms with E-state index in [0.29, 0.717) is 0 Å². The van der Waals surface area contributed by atoms with Crippen molar-refractivity contribution in [2.24, 2.45) is 3.79 Å². The van der Waals surface area contributed by atoms with Crippen molar-refractivity contribution >= 4 is 0 Å². The van der Waals surface area contributed by atoms with Crippen LogP contribution in [0.15, 0.2) is 3.79 Å². The molecule has 0 N–H and O–H groups in total. The van der Waals surface area contributed by atoms with Crippen LogP contribution in [0.2, 0.25) is 0 Å². The standard InChI is InChI=1S/C4H9N.V/c1-4(2,3)5;/h1-3H3;. The number of nitrogens with zero attached hydrogens (tertiary/aromatic N) is 1. The summed E-state index contributed by atoms with van der Waals surface area (Å²) in [7, 11) is 0. The van der Waals surface area contributed by atoms with E-state index in [1.54, 1.807) is 0 Å². The third kappa shape index (κ3) is 4.38. The van der Waals surface area contributed by atoms with Gasteiger partial charge in [-0.15, -0.1) is 0 Å². The molecule has 0 heterocycles. The third-order valence-corrected chi connectivity index (χ3v) is 1.24. The molecule has 0 saturated carbocycles. The Kier molecular flexibility index (Phi) is 2.02. The van der Waals surface area contributed by atoms with E-state index >= 15 is 0 Å². The van der Waals surface area contributed by atoms with Crippen molar-refractivity contribution in [1.82, 2.24) is 0 Å². The molecule has 0 fully saturated rings. The van der Waals surface area contributed by atoms with Crippen LogP contribution in [0.4, 0.5) is 0 Å². The summed E-state index contributed by atoms with van der Waals surface area (Å²) < 4.78 is 3.96. The Bertz CT molecular complexity index is 53.1. The molecule has 0 aliphatic carbocycles. The van der Waals surface area contributed by atoms with Gasteiger partial charge in [0.2, 0.25) is 0 Å². The molecule has 0 aromatic carbocycles. The molecule has 0 aromatic heterocycles. The average Bonchev–Trinajstić information content (AvgIpc) is 1.35. The van der Waals surface area contributed by atoms with Crippen LogP contribution in [0.25, 0.3) is 0 Å². The Morgan fingerprint density at radius 3 is 1.50 bits per heavy atom. The second kappa shape index (κ2) is 1.90. The van der Waals surface area contributed by atoms with E-state index in [0.717, 1.165) is 0 Å². The molecule has 35 valence electrons. The monoisotopic (exact) mass is 122 g/mol. The fourth-order valence-corrected chi connectivity index (χ4v) is 0. The second-order valence-corrected chi connectivity index (χ2v) is 2.58. The van der Waals surface area contributed by atoms with E-state index < -0.39 is 0 Å². The van der Waals surface area contributed by atoms with E-state index in [9.17, 15) is 0 Å². The zero-order valence-electron chi connectivity index (χ0n) is 4.39. The third-order valence-electron chi connectivity index (χ3n) is 0.300. The van der Waals surface area contributed by atoms with Crippen molar-refractivity contribution in [2.45, 2.75) is 26.3 Å². The van der Waals surface area contributed by atoms with Crippen molar-refractivity contribution in [2.75, 3.05) is 0 Å². The van der Waals surface area contributed by atoms with Crippen LogP contribution < -0.4 is 0 Å². The Balaban J connectivity index is 3.45. The van der Waals surface area contributed by atoms with Crippen LogP contribution >= 0.6 is 0 Å². The van der Waals surface area contributed by atoms with Crippen molar-refractivity contribution in [3.8, 4) is 0 Å². The Morgan fingerprint density at radius 2 is 1.50 bits per heavy atom. The van der Waals surface area contributed by atoms with Crippen LogP contribution in [-0.4, -0.2) is 5.54 Å². The summed E-state index contributed by atoms with van der Waals surface area (Å²) in [5.41, 5.74) is 0.139. The zero-order valence-corrected chi connectivity index (χ0v) is 5.79. The van der Waals surface area contributed by atoms with Gasteiger partial charge in [-0.05, 0) is 0 Å². The fraction of sp³-hybridized carbons (Fsp3) is 1.00. The van der Waals surface area contributed by atoms with Gasteiger partial charge in [0.1, 0.15) is 0 Å². The van der Waals surface area contributed by atoms with Gasteiger partial charge in [0.15, 0.2) is 0 Å². The normalized spacial score (nSPS) is 11.0. The number of rotatable bonds is 0. The summed E-state index contributed by atoms with van der Waals surface area (Å²) in [5.74, 6) is 0. The van der Waals surface area contributed by atoms with Gasteiger partial charge in [-0.1, -0.05) is 0 Å². The fourth-order valence-electron chi connectivity index (χ4n) is 0. The molecule has 2 heteroatoms. The van der Waals surface area contributed by atoms with E-state index in [1.165, 1.54) is 0 Å². The summed E-state index contributed by atoms with van der Waals surface area (Å²) in [6, 6.07) is 0. The molecule has 1 nitrogen and oxygen atoms in total. The Labute approximate surface area is 47.9 Å². The molecule has 0 unspecified atom stereocenters. The van der Waals surface area contributed by atoms with Crippen molar-refractivity contribution in [1.29, 1.82) is 0 Å². The van der Waals surface area contributed by atoms with E-state index in [-0.39, 0.29) is 5.54 Å². The van der Waals surface area contributed by atoms with Crippen LogP contribution in [0, 0.1) is 0 Å². The van der Waals surface area contributed by atoms with Crippen LogP contribution in [0.3, 0.4) is 0 Å². The van der Waals surface area contributed by atoms with Crippen molar-refractivity contribution < 1.29 is 17.2 Å². The molecule has 0 spiro atoms. The van der Waals surface area contributed by atoms with Gasteiger partial charge in [0, 0.05) is 0 Å². The molecule has 0 aliphatic heterocycles. The molecule has 0 atom stereocenters. The molecule has 0 amide bonds. The summed E-state index contributed by atoms with van der Waals surface area (Å²) >= 11 is 2.22. The quantitative estimate of drug-likeness (QED) is 0.461. The summed E-state index contributed by atoms with van der Waals surface area (Å²) in [6.07, 6.45) is 0. The van der Waals surface area contributed by atoms with Gasteiger partial charge in [-0.3, -0.25) is 0 Å². The summed E-state index contributed by atoms with van der Waals surface area (Å²) in [5, 5.41) is 0. The molecule has 0 aromatic rings. The van der Waals surface area contributed by atoms with Crippen molar-refractivity contribution in [3.05, 3.63) is 0 Å². The summed E-state index contributed by atoms with van der Waals surface area (Å²) in [4.78, 5) is 0. The minimum absolute atomic E-state index is 0.139. The molecule has 0 bridgehead atoms. The van der Waals surface area contributed by atoms with E-state index in [1.807, 2.05) is 0 Å². The minimum atomic E-state index is 0.139. The molecule has 0 aliphatic rings. The second-order valence-electron chi connectivity index (χ2n) is 2.27. The van der Waals surface area contributed by atoms with Gasteiger partial charge in [0.05, 0.1) is 0 Å². The van der Waals surface area contributed by atoms with E-state index in [4.69, 9.17) is 0 Å². The summed E-state index contributed by atoms with van der Waals surface area (Å²) in [6.45, 7) is 6.18. The van der Waals surface area contributed by atoms with Crippen LogP contribution in [0.5, 0.6) is 0 Å². The predicted molar refractivity (Wildman–Crippen MR) is 22.2 cm³/mol. The Morgan fingerprint density at radius 1 is 1.33 bits per heavy atom. The predicted octanol–water partition coefficient (Wildman–Crippen LogP) is 1.52. The van der Waals surface area contributed by atoms with Gasteiger partial charge >= 0.3 is 47.3 Å². The van der Waals surface area contributed by atoms with Crippen LogP contribution in [-0.2, 0) is 17.2 Å². The molecule has 0 rings (SSSR count). The first-order chi connectivity index (χ1) is 2.56. The molecule has 0 radical (unpaired) electrons. The van der Waals surface area contributed by atoms with Gasteiger partial charge in [0.25, 0.3) is 0 Å². The maximum absolute atomic E-state index is 3.96. The first-order valence-corrected chi connectivity index (χ1v) is 2.55.